The van der Waals surface area contributed by atoms with Gasteiger partial charge in [0.25, 0.3) is 0 Å². The van der Waals surface area contributed by atoms with Gasteiger partial charge in [-0.1, -0.05) is 13.3 Å². The Balaban J connectivity index is 2.17. The van der Waals surface area contributed by atoms with E-state index in [4.69, 9.17) is 5.73 Å². The molecule has 2 fully saturated rings. The lowest BCUT2D eigenvalue weighted by Gasteiger charge is -2.39. The summed E-state index contributed by atoms with van der Waals surface area (Å²) in [6.07, 6.45) is 2.82. The van der Waals surface area contributed by atoms with Gasteiger partial charge >= 0.3 is 0 Å². The van der Waals surface area contributed by atoms with Crippen LogP contribution in [-0.4, -0.2) is 41.2 Å². The molecule has 1 aliphatic carbocycles. The lowest BCUT2D eigenvalue weighted by molar-refractivity contribution is -0.153. The fraction of sp³-hybridized carbons (Fsp3) is 0.769. The number of amides is 3. The molecule has 6 nitrogen and oxygen atoms in total. The predicted octanol–water partition coefficient (Wildman–Crippen LogP) is -0.377. The molecule has 19 heavy (non-hydrogen) atoms. The molecule has 1 heterocycles. The maximum absolute atomic E-state index is 12.6. The second-order valence-electron chi connectivity index (χ2n) is 5.65. The molecule has 0 radical (unpaired) electrons. The van der Waals surface area contributed by atoms with Crippen LogP contribution in [0.2, 0.25) is 0 Å². The number of carbonyl (C=O) groups excluding carboxylic acids is 3. The fourth-order valence-electron chi connectivity index (χ4n) is 3.06. The Morgan fingerprint density at radius 2 is 2.00 bits per heavy atom. The van der Waals surface area contributed by atoms with Crippen LogP contribution in [0.1, 0.15) is 33.1 Å². The van der Waals surface area contributed by atoms with Gasteiger partial charge in [0.05, 0.1) is 5.92 Å². The maximum Gasteiger partial charge on any atom is 0.249 e. The molecule has 2 rings (SSSR count). The molecule has 3 amide bonds. The number of nitrogens with one attached hydrogen (secondary N) is 1. The lowest BCUT2D eigenvalue weighted by atomic mass is 9.76. The van der Waals surface area contributed by atoms with E-state index in [2.05, 4.69) is 5.32 Å². The minimum absolute atomic E-state index is 0.0539. The van der Waals surface area contributed by atoms with E-state index in [-0.39, 0.29) is 30.3 Å². The Morgan fingerprint density at radius 1 is 1.32 bits per heavy atom. The van der Waals surface area contributed by atoms with Crippen molar-refractivity contribution in [2.75, 3.05) is 6.54 Å². The van der Waals surface area contributed by atoms with Crippen molar-refractivity contribution in [3.8, 4) is 0 Å². The molecule has 2 aliphatic rings. The van der Waals surface area contributed by atoms with Crippen LogP contribution < -0.4 is 11.1 Å². The highest BCUT2D eigenvalue weighted by molar-refractivity contribution is 6.04. The SMILES string of the molecule is CC1CCCC(N)C1C(=O)N1CC(=O)NC(=O)C1C. The summed E-state index contributed by atoms with van der Waals surface area (Å²) >= 11 is 0. The van der Waals surface area contributed by atoms with Gasteiger partial charge in [-0.2, -0.15) is 0 Å². The zero-order chi connectivity index (χ0) is 14.2. The molecule has 4 atom stereocenters. The molecule has 0 aromatic heterocycles. The Bertz CT molecular complexity index is 400. The summed E-state index contributed by atoms with van der Waals surface area (Å²) < 4.78 is 0. The normalized spacial score (nSPS) is 36.1. The standard InChI is InChI=1S/C13H21N3O3/c1-7-4-3-5-9(14)11(7)13(19)16-6-10(17)15-12(18)8(16)2/h7-9,11H,3-6,14H2,1-2H3,(H,15,17,18). The van der Waals surface area contributed by atoms with Gasteiger partial charge in [0.15, 0.2) is 0 Å². The molecule has 4 unspecified atom stereocenters. The lowest BCUT2D eigenvalue weighted by Crippen LogP contribution is -2.61. The summed E-state index contributed by atoms with van der Waals surface area (Å²) in [7, 11) is 0. The molecule has 3 N–H and O–H groups in total. The van der Waals surface area contributed by atoms with E-state index < -0.39 is 17.9 Å². The molecule has 0 spiro atoms. The topological polar surface area (TPSA) is 92.5 Å². The highest BCUT2D eigenvalue weighted by atomic mass is 16.2. The van der Waals surface area contributed by atoms with Crippen molar-refractivity contribution in [2.45, 2.75) is 45.2 Å². The van der Waals surface area contributed by atoms with Gasteiger partial charge in [-0.3, -0.25) is 19.7 Å². The number of hydrogen-bond donors (Lipinski definition) is 2. The Labute approximate surface area is 112 Å². The van der Waals surface area contributed by atoms with Gasteiger partial charge in [0.1, 0.15) is 12.6 Å². The second kappa shape index (κ2) is 5.28. The van der Waals surface area contributed by atoms with Crippen molar-refractivity contribution in [1.29, 1.82) is 0 Å². The number of carbonyl (C=O) groups is 3. The highest BCUT2D eigenvalue weighted by Crippen LogP contribution is 2.31. The van der Waals surface area contributed by atoms with Crippen LogP contribution in [0.3, 0.4) is 0 Å². The zero-order valence-electron chi connectivity index (χ0n) is 11.4. The average Bonchev–Trinajstić information content (AvgIpc) is 2.33. The molecule has 1 saturated carbocycles. The number of rotatable bonds is 1. The highest BCUT2D eigenvalue weighted by Gasteiger charge is 2.41. The average molecular weight is 267 g/mol. The van der Waals surface area contributed by atoms with Crippen LogP contribution in [0.5, 0.6) is 0 Å². The van der Waals surface area contributed by atoms with E-state index in [9.17, 15) is 14.4 Å². The quantitative estimate of drug-likeness (QED) is 0.634. The van der Waals surface area contributed by atoms with Crippen LogP contribution in [0, 0.1) is 11.8 Å². The van der Waals surface area contributed by atoms with Gasteiger partial charge < -0.3 is 10.6 Å². The summed E-state index contributed by atoms with van der Waals surface area (Å²) in [5.41, 5.74) is 6.06. The molecule has 1 aliphatic heterocycles. The molecule has 106 valence electrons. The molecular weight excluding hydrogens is 246 g/mol. The summed E-state index contributed by atoms with van der Waals surface area (Å²) in [5.74, 6) is -1.08. The monoisotopic (exact) mass is 267 g/mol. The van der Waals surface area contributed by atoms with Crippen LogP contribution in [-0.2, 0) is 14.4 Å². The van der Waals surface area contributed by atoms with Crippen molar-refractivity contribution in [2.24, 2.45) is 17.6 Å². The molecular formula is C13H21N3O3. The first-order chi connectivity index (χ1) is 8.91. The predicted molar refractivity (Wildman–Crippen MR) is 68.8 cm³/mol. The molecule has 0 aromatic rings. The van der Waals surface area contributed by atoms with Crippen molar-refractivity contribution in [3.63, 3.8) is 0 Å². The summed E-state index contributed by atoms with van der Waals surface area (Å²) in [5, 5.41) is 2.24. The smallest absolute Gasteiger partial charge is 0.249 e. The number of nitrogens with two attached hydrogens (primary N) is 1. The minimum Gasteiger partial charge on any atom is -0.327 e. The van der Waals surface area contributed by atoms with Crippen molar-refractivity contribution >= 4 is 17.7 Å². The third-order valence-corrected chi connectivity index (χ3v) is 4.26. The number of imide groups is 1. The van der Waals surface area contributed by atoms with Gasteiger partial charge in [-0.25, -0.2) is 0 Å². The third kappa shape index (κ3) is 2.63. The van der Waals surface area contributed by atoms with Crippen molar-refractivity contribution < 1.29 is 14.4 Å². The Kier molecular flexibility index (Phi) is 3.89. The maximum atomic E-state index is 12.6. The zero-order valence-corrected chi connectivity index (χ0v) is 11.4. The largest absolute Gasteiger partial charge is 0.327 e. The van der Waals surface area contributed by atoms with Crippen LogP contribution >= 0.6 is 0 Å². The summed E-state index contributed by atoms with van der Waals surface area (Å²) in [6, 6.07) is -0.782. The van der Waals surface area contributed by atoms with Crippen LogP contribution in [0.25, 0.3) is 0 Å². The molecule has 1 saturated heterocycles. The molecule has 6 heteroatoms. The van der Waals surface area contributed by atoms with E-state index in [1.807, 2.05) is 6.92 Å². The Hall–Kier alpha value is -1.43. The van der Waals surface area contributed by atoms with E-state index >= 15 is 0 Å². The van der Waals surface area contributed by atoms with E-state index in [1.165, 1.54) is 4.90 Å². The van der Waals surface area contributed by atoms with Crippen LogP contribution in [0.4, 0.5) is 0 Å². The minimum atomic E-state index is -0.605. The van der Waals surface area contributed by atoms with Gasteiger partial charge in [-0.15, -0.1) is 0 Å². The number of piperazine rings is 1. The van der Waals surface area contributed by atoms with Crippen molar-refractivity contribution in [1.82, 2.24) is 10.2 Å². The first-order valence-corrected chi connectivity index (χ1v) is 6.81. The van der Waals surface area contributed by atoms with Crippen molar-refractivity contribution in [3.05, 3.63) is 0 Å². The first kappa shape index (κ1) is 14.0. The van der Waals surface area contributed by atoms with E-state index in [0.29, 0.717) is 0 Å². The summed E-state index contributed by atoms with van der Waals surface area (Å²) in [4.78, 5) is 37.0. The fourth-order valence-corrected chi connectivity index (χ4v) is 3.06. The second-order valence-corrected chi connectivity index (χ2v) is 5.65. The van der Waals surface area contributed by atoms with Gasteiger partial charge in [0, 0.05) is 6.04 Å². The first-order valence-electron chi connectivity index (χ1n) is 6.81. The third-order valence-electron chi connectivity index (χ3n) is 4.26. The van der Waals surface area contributed by atoms with Crippen LogP contribution in [0.15, 0.2) is 0 Å². The van der Waals surface area contributed by atoms with Gasteiger partial charge in [0.2, 0.25) is 17.7 Å². The van der Waals surface area contributed by atoms with E-state index in [0.717, 1.165) is 19.3 Å². The number of nitrogens with zero attached hydrogens (tertiary/aromatic N) is 1. The Morgan fingerprint density at radius 3 is 2.63 bits per heavy atom. The number of hydrogen-bond acceptors (Lipinski definition) is 4. The molecule has 0 aromatic carbocycles. The molecule has 0 bridgehead atoms. The van der Waals surface area contributed by atoms with E-state index in [1.54, 1.807) is 6.92 Å². The summed E-state index contributed by atoms with van der Waals surface area (Å²) in [6.45, 7) is 3.60. The van der Waals surface area contributed by atoms with Gasteiger partial charge in [-0.05, 0) is 25.7 Å².